The van der Waals surface area contributed by atoms with Gasteiger partial charge in [-0.2, -0.15) is 0 Å². The number of nitrogens with two attached hydrogens (primary N) is 1. The Balaban J connectivity index is 1.72. The van der Waals surface area contributed by atoms with Gasteiger partial charge in [-0.3, -0.25) is 15.1 Å². The molecule has 0 aromatic carbocycles. The third kappa shape index (κ3) is 4.21. The van der Waals surface area contributed by atoms with Crippen molar-refractivity contribution in [3.05, 3.63) is 0 Å². The van der Waals surface area contributed by atoms with Gasteiger partial charge in [-0.05, 0) is 63.3 Å². The fraction of sp³-hybridized carbons (Fsp3) is 0.900. The van der Waals surface area contributed by atoms with Crippen molar-refractivity contribution >= 4 is 11.7 Å². The van der Waals surface area contributed by atoms with Gasteiger partial charge in [0.25, 0.3) is 0 Å². The summed E-state index contributed by atoms with van der Waals surface area (Å²) in [6.07, 6.45) is 5.14. The minimum absolute atomic E-state index is 0.0642. The van der Waals surface area contributed by atoms with Crippen LogP contribution in [0.5, 0.6) is 0 Å². The Hall–Kier alpha value is -1.17. The lowest BCUT2D eigenvalue weighted by Crippen LogP contribution is -2.51. The number of likely N-dealkylation sites (tertiary alicyclic amines) is 2. The van der Waals surface area contributed by atoms with Gasteiger partial charge in [0, 0.05) is 25.0 Å². The molecule has 1 amide bonds. The van der Waals surface area contributed by atoms with Crippen LogP contribution < -0.4 is 5.73 Å². The van der Waals surface area contributed by atoms with Gasteiger partial charge in [0.1, 0.15) is 6.17 Å². The molecule has 1 aliphatic carbocycles. The Kier molecular flexibility index (Phi) is 6.21. The first kappa shape index (κ1) is 19.6. The molecule has 3 fully saturated rings. The molecule has 6 heteroatoms. The zero-order chi connectivity index (χ0) is 18.8. The number of rotatable bonds is 5. The van der Waals surface area contributed by atoms with Crippen molar-refractivity contribution in [3.63, 3.8) is 0 Å². The van der Waals surface area contributed by atoms with Gasteiger partial charge in [0.2, 0.25) is 5.91 Å². The number of nitrogens with one attached hydrogen (secondary N) is 1. The Morgan fingerprint density at radius 3 is 2.50 bits per heavy atom. The maximum atomic E-state index is 13.5. The Morgan fingerprint density at radius 2 is 1.88 bits per heavy atom. The highest BCUT2D eigenvalue weighted by Crippen LogP contribution is 2.42. The summed E-state index contributed by atoms with van der Waals surface area (Å²) in [5.41, 5.74) is 5.80. The molecule has 2 aliphatic heterocycles. The van der Waals surface area contributed by atoms with Gasteiger partial charge in [-0.25, -0.2) is 4.39 Å². The minimum atomic E-state index is -0.751. The highest BCUT2D eigenvalue weighted by Gasteiger charge is 2.48. The summed E-state index contributed by atoms with van der Waals surface area (Å²) in [5, 5.41) is 7.84. The number of carbonyl (C=O) groups excluding carboxylic acids is 1. The molecule has 26 heavy (non-hydrogen) atoms. The number of halogens is 1. The van der Waals surface area contributed by atoms with Crippen LogP contribution in [0.2, 0.25) is 0 Å². The van der Waals surface area contributed by atoms with Crippen LogP contribution in [0.15, 0.2) is 0 Å². The molecule has 0 bridgehead atoms. The van der Waals surface area contributed by atoms with Gasteiger partial charge in [0.15, 0.2) is 0 Å². The highest BCUT2D eigenvalue weighted by molar-refractivity contribution is 5.83. The van der Waals surface area contributed by atoms with Crippen molar-refractivity contribution < 1.29 is 9.18 Å². The van der Waals surface area contributed by atoms with Gasteiger partial charge in [-0.15, -0.1) is 0 Å². The molecule has 3 N–H and O–H groups in total. The number of amides is 1. The van der Waals surface area contributed by atoms with E-state index in [-0.39, 0.29) is 17.9 Å². The summed E-state index contributed by atoms with van der Waals surface area (Å²) >= 11 is 0. The summed E-state index contributed by atoms with van der Waals surface area (Å²) in [6, 6.07) is 0.301. The quantitative estimate of drug-likeness (QED) is 0.580. The van der Waals surface area contributed by atoms with E-state index in [1.165, 1.54) is 0 Å². The third-order valence-electron chi connectivity index (χ3n) is 6.73. The molecule has 3 aliphatic rings. The zero-order valence-corrected chi connectivity index (χ0v) is 16.3. The molecular weight excluding hydrogens is 331 g/mol. The van der Waals surface area contributed by atoms with Crippen LogP contribution >= 0.6 is 0 Å². The number of hydrogen-bond acceptors (Lipinski definition) is 3. The largest absolute Gasteiger partial charge is 0.387 e. The van der Waals surface area contributed by atoms with Gasteiger partial charge in [0.05, 0.1) is 11.9 Å². The first-order valence-electron chi connectivity index (χ1n) is 10.4. The predicted molar refractivity (Wildman–Crippen MR) is 102 cm³/mol. The van der Waals surface area contributed by atoms with E-state index >= 15 is 0 Å². The number of hydrogen-bond donors (Lipinski definition) is 2. The number of nitrogens with zero attached hydrogens (tertiary/aromatic N) is 2. The molecule has 1 saturated carbocycles. The number of amidine groups is 1. The predicted octanol–water partition coefficient (Wildman–Crippen LogP) is 2.79. The number of carbonyl (C=O) groups is 1. The van der Waals surface area contributed by atoms with E-state index < -0.39 is 6.17 Å². The molecule has 4 atom stereocenters. The molecule has 4 unspecified atom stereocenters. The Labute approximate surface area is 157 Å². The number of piperidine rings is 1. The van der Waals surface area contributed by atoms with Gasteiger partial charge >= 0.3 is 0 Å². The molecular formula is C20H35FN4O. The van der Waals surface area contributed by atoms with Crippen molar-refractivity contribution in [3.8, 4) is 0 Å². The second-order valence-electron chi connectivity index (χ2n) is 8.96. The second-order valence-corrected chi connectivity index (χ2v) is 8.96. The zero-order valence-electron chi connectivity index (χ0n) is 16.3. The molecule has 3 rings (SSSR count). The summed E-state index contributed by atoms with van der Waals surface area (Å²) < 4.78 is 13.5. The van der Waals surface area contributed by atoms with Crippen LogP contribution in [-0.2, 0) is 4.79 Å². The van der Waals surface area contributed by atoms with E-state index in [0.717, 1.165) is 38.6 Å². The Morgan fingerprint density at radius 1 is 1.19 bits per heavy atom. The number of fused-ring (bicyclic) bond motifs is 1. The summed E-state index contributed by atoms with van der Waals surface area (Å²) in [7, 11) is 0. The molecule has 0 spiro atoms. The number of alkyl halides is 1. The molecule has 2 heterocycles. The SMILES string of the molecule is CC(C)CCN1C(C(=O)N2CCC(F)CC2)CC2CCC(C(=N)N)CC21. The highest BCUT2D eigenvalue weighted by atomic mass is 19.1. The molecule has 2 saturated heterocycles. The van der Waals surface area contributed by atoms with E-state index in [9.17, 15) is 9.18 Å². The topological polar surface area (TPSA) is 73.4 Å². The van der Waals surface area contributed by atoms with Gasteiger partial charge in [-0.1, -0.05) is 13.8 Å². The monoisotopic (exact) mass is 366 g/mol. The average molecular weight is 367 g/mol. The molecule has 148 valence electrons. The fourth-order valence-corrected chi connectivity index (χ4v) is 5.08. The molecule has 5 nitrogen and oxygen atoms in total. The van der Waals surface area contributed by atoms with Crippen LogP contribution in [0.4, 0.5) is 4.39 Å². The molecule has 0 aromatic rings. The van der Waals surface area contributed by atoms with E-state index in [1.54, 1.807) is 0 Å². The minimum Gasteiger partial charge on any atom is -0.387 e. The maximum absolute atomic E-state index is 13.5. The first-order chi connectivity index (χ1) is 12.4. The van der Waals surface area contributed by atoms with Crippen LogP contribution in [0, 0.1) is 23.2 Å². The summed E-state index contributed by atoms with van der Waals surface area (Å²) in [4.78, 5) is 17.5. The Bertz CT molecular complexity index is 518. The van der Waals surface area contributed by atoms with Crippen molar-refractivity contribution in [1.82, 2.24) is 9.80 Å². The average Bonchev–Trinajstić information content (AvgIpc) is 2.97. The van der Waals surface area contributed by atoms with Crippen LogP contribution in [0.3, 0.4) is 0 Å². The maximum Gasteiger partial charge on any atom is 0.239 e. The van der Waals surface area contributed by atoms with Crippen LogP contribution in [-0.4, -0.2) is 59.4 Å². The lowest BCUT2D eigenvalue weighted by Gasteiger charge is -2.38. The van der Waals surface area contributed by atoms with Crippen LogP contribution in [0.1, 0.15) is 58.8 Å². The normalized spacial score (nSPS) is 33.5. The first-order valence-corrected chi connectivity index (χ1v) is 10.4. The lowest BCUT2D eigenvalue weighted by molar-refractivity contribution is -0.138. The van der Waals surface area contributed by atoms with E-state index in [4.69, 9.17) is 11.1 Å². The van der Waals surface area contributed by atoms with E-state index in [2.05, 4.69) is 18.7 Å². The fourth-order valence-electron chi connectivity index (χ4n) is 5.08. The van der Waals surface area contributed by atoms with Crippen molar-refractivity contribution in [2.75, 3.05) is 19.6 Å². The summed E-state index contributed by atoms with van der Waals surface area (Å²) in [5.74, 6) is 1.79. The standard InChI is InChI=1S/C20H35FN4O/c1-13(2)5-10-25-17-12-15(19(22)23)4-3-14(17)11-18(25)20(26)24-8-6-16(21)7-9-24/h13-18H,3-12H2,1-2H3,(H3,22,23). The van der Waals surface area contributed by atoms with Crippen molar-refractivity contribution in [2.24, 2.45) is 23.5 Å². The van der Waals surface area contributed by atoms with E-state index in [1.807, 2.05) is 4.90 Å². The third-order valence-corrected chi connectivity index (χ3v) is 6.73. The summed E-state index contributed by atoms with van der Waals surface area (Å²) in [6.45, 7) is 6.48. The van der Waals surface area contributed by atoms with Crippen molar-refractivity contribution in [1.29, 1.82) is 5.41 Å². The molecule has 0 radical (unpaired) electrons. The van der Waals surface area contributed by atoms with Crippen molar-refractivity contribution in [2.45, 2.75) is 77.0 Å². The van der Waals surface area contributed by atoms with E-state index in [0.29, 0.717) is 49.6 Å². The van der Waals surface area contributed by atoms with Gasteiger partial charge < -0.3 is 10.6 Å². The van der Waals surface area contributed by atoms with Crippen LogP contribution in [0.25, 0.3) is 0 Å². The smallest absolute Gasteiger partial charge is 0.239 e. The second kappa shape index (κ2) is 8.24. The molecule has 0 aromatic heterocycles. The lowest BCUT2D eigenvalue weighted by atomic mass is 9.78.